The predicted octanol–water partition coefficient (Wildman–Crippen LogP) is 5.79. The van der Waals surface area contributed by atoms with Gasteiger partial charge in [0, 0.05) is 16.8 Å². The van der Waals surface area contributed by atoms with Crippen LogP contribution in [0.15, 0.2) is 47.4 Å². The molecule has 2 N–H and O–H groups in total. The first kappa shape index (κ1) is 26.8. The van der Waals surface area contributed by atoms with Gasteiger partial charge in [0.2, 0.25) is 0 Å². The van der Waals surface area contributed by atoms with Crippen molar-refractivity contribution in [2.45, 2.75) is 31.5 Å². The average Bonchev–Trinajstić information content (AvgIpc) is 2.74. The number of aryl methyl sites for hydroxylation is 1. The Morgan fingerprint density at radius 2 is 1.81 bits per heavy atom. The maximum absolute atomic E-state index is 13.5. The number of hydrogen-bond donors (Lipinski definition) is 2. The van der Waals surface area contributed by atoms with E-state index in [-0.39, 0.29) is 27.6 Å². The number of carbonyl (C=O) groups is 1. The molecule has 0 aliphatic carbocycles. The Morgan fingerprint density at radius 1 is 1.11 bits per heavy atom. The summed E-state index contributed by atoms with van der Waals surface area (Å²) in [5.74, 6) is -1.79. The van der Waals surface area contributed by atoms with E-state index in [1.165, 1.54) is 49.6 Å². The molecule has 3 rings (SSSR count). The van der Waals surface area contributed by atoms with Gasteiger partial charge < -0.3 is 14.8 Å². The van der Waals surface area contributed by atoms with Gasteiger partial charge in [0.05, 0.1) is 9.73 Å². The van der Waals surface area contributed by atoms with Crippen LogP contribution in [0, 0.1) is 18.6 Å². The second-order valence-corrected chi connectivity index (χ2v) is 9.74. The lowest BCUT2D eigenvalue weighted by molar-refractivity contribution is -0.142. The fourth-order valence-corrected chi connectivity index (χ4v) is 3.83. The smallest absolute Gasteiger partial charge is 0.435 e. The van der Waals surface area contributed by atoms with Gasteiger partial charge in [-0.05, 0) is 61.4 Å². The van der Waals surface area contributed by atoms with E-state index in [1.54, 1.807) is 0 Å². The van der Waals surface area contributed by atoms with Crippen LogP contribution in [0.3, 0.4) is 0 Å². The summed E-state index contributed by atoms with van der Waals surface area (Å²) in [6.45, 7) is -0.611. The van der Waals surface area contributed by atoms with Gasteiger partial charge in [-0.2, -0.15) is 22.0 Å². The molecule has 0 spiro atoms. The van der Waals surface area contributed by atoms with Gasteiger partial charge in [0.1, 0.15) is 17.1 Å². The molecule has 1 amide bonds. The zero-order chi connectivity index (χ0) is 26.8. The van der Waals surface area contributed by atoms with Crippen molar-refractivity contribution in [3.05, 3.63) is 64.8 Å². The van der Waals surface area contributed by atoms with Crippen molar-refractivity contribution >= 4 is 21.3 Å². The van der Waals surface area contributed by atoms with Crippen molar-refractivity contribution < 1.29 is 40.4 Å². The quantitative estimate of drug-likeness (QED) is 0.374. The summed E-state index contributed by atoms with van der Waals surface area (Å²) < 4.78 is 94.9. The molecule has 36 heavy (non-hydrogen) atoms. The summed E-state index contributed by atoms with van der Waals surface area (Å²) in [5, 5.41) is 8.99. The summed E-state index contributed by atoms with van der Waals surface area (Å²) >= 11 is 0. The van der Waals surface area contributed by atoms with E-state index in [2.05, 4.69) is 20.3 Å². The molecule has 1 atom stereocenters. The number of carbonyl (C=O) groups excluding carboxylic acids is 1. The first-order chi connectivity index (χ1) is 16.7. The van der Waals surface area contributed by atoms with Crippen LogP contribution < -0.4 is 14.8 Å². The zero-order valence-corrected chi connectivity index (χ0v) is 19.8. The highest BCUT2D eigenvalue weighted by atomic mass is 32.2. The van der Waals surface area contributed by atoms with E-state index >= 15 is 0 Å². The lowest BCUT2D eigenvalue weighted by Gasteiger charge is -2.16. The van der Waals surface area contributed by atoms with Gasteiger partial charge in [-0.15, -0.1) is 10.2 Å². The summed E-state index contributed by atoms with van der Waals surface area (Å²) in [6.07, 6.45) is -3.75. The molecule has 1 heterocycles. The number of benzene rings is 2. The molecule has 0 bridgehead atoms. The first-order valence-electron chi connectivity index (χ1n) is 10.00. The predicted molar refractivity (Wildman–Crippen MR) is 119 cm³/mol. The van der Waals surface area contributed by atoms with Gasteiger partial charge in [-0.3, -0.25) is 4.79 Å². The van der Waals surface area contributed by atoms with Crippen LogP contribution in [0.4, 0.5) is 27.6 Å². The van der Waals surface area contributed by atoms with Gasteiger partial charge in [-0.1, -0.05) is 6.07 Å². The van der Waals surface area contributed by atoms with E-state index in [9.17, 15) is 31.0 Å². The Kier molecular flexibility index (Phi) is 7.48. The van der Waals surface area contributed by atoms with Crippen molar-refractivity contribution in [1.29, 1.82) is 4.78 Å². The molecule has 2 aromatic carbocycles. The van der Waals surface area contributed by atoms with Crippen LogP contribution >= 0.6 is 0 Å². The fraction of sp³-hybridized carbons (Fsp3) is 0.227. The fourth-order valence-electron chi connectivity index (χ4n) is 3.14. The number of anilines is 1. The van der Waals surface area contributed by atoms with Gasteiger partial charge in [-0.25, -0.2) is 8.99 Å². The average molecular weight is 530 g/mol. The molecule has 1 aromatic heterocycles. The SMILES string of the molecule is Cc1cc(Oc2nnc(C(F)(F)F)c(C)c2C(=O)Nc2cccc(S(C)(=N)=O)c2)ccc1OC(F)F. The molecule has 0 saturated carbocycles. The molecule has 0 aliphatic heterocycles. The Bertz CT molecular complexity index is 1410. The van der Waals surface area contributed by atoms with Crippen LogP contribution in [-0.4, -0.2) is 33.2 Å². The van der Waals surface area contributed by atoms with Crippen LogP contribution in [0.2, 0.25) is 0 Å². The van der Waals surface area contributed by atoms with E-state index < -0.39 is 51.1 Å². The van der Waals surface area contributed by atoms with Crippen molar-refractivity contribution in [2.24, 2.45) is 0 Å². The third-order valence-electron chi connectivity index (χ3n) is 4.80. The lowest BCUT2D eigenvalue weighted by atomic mass is 10.1. The molecule has 0 saturated heterocycles. The number of aromatic nitrogens is 2. The highest BCUT2D eigenvalue weighted by Crippen LogP contribution is 2.36. The van der Waals surface area contributed by atoms with Crippen LogP contribution in [0.5, 0.6) is 17.4 Å². The third kappa shape index (κ3) is 6.24. The number of nitrogens with zero attached hydrogens (tertiary/aromatic N) is 2. The van der Waals surface area contributed by atoms with Crippen LogP contribution in [-0.2, 0) is 15.9 Å². The number of alkyl halides is 5. The Morgan fingerprint density at radius 3 is 2.39 bits per heavy atom. The standard InChI is InChI=1S/C22H19F5N4O4S/c1-11-9-14(7-8-16(11)35-21(23)24)34-20-17(12(2)18(30-31-20)22(25,26)27)19(32)29-13-5-4-6-15(10-13)36(3,28)33/h4-10,21,28H,1-3H3,(H,29,32). The molecule has 0 aliphatic rings. The van der Waals surface area contributed by atoms with Crippen LogP contribution in [0.25, 0.3) is 0 Å². The van der Waals surface area contributed by atoms with Crippen molar-refractivity contribution in [1.82, 2.24) is 10.2 Å². The minimum Gasteiger partial charge on any atom is -0.437 e. The van der Waals surface area contributed by atoms with Gasteiger partial charge >= 0.3 is 12.8 Å². The first-order valence-corrected chi connectivity index (χ1v) is 12.0. The minimum atomic E-state index is -4.92. The third-order valence-corrected chi connectivity index (χ3v) is 5.95. The van der Waals surface area contributed by atoms with Crippen molar-refractivity contribution in [3.8, 4) is 17.4 Å². The second-order valence-electron chi connectivity index (χ2n) is 7.58. The number of rotatable bonds is 7. The Labute approximate surface area is 202 Å². The molecule has 0 fully saturated rings. The van der Waals surface area contributed by atoms with E-state index in [1.807, 2.05) is 0 Å². The molecule has 14 heteroatoms. The van der Waals surface area contributed by atoms with E-state index in [0.29, 0.717) is 0 Å². The molecular formula is C22H19F5N4O4S. The van der Waals surface area contributed by atoms with Crippen molar-refractivity contribution in [3.63, 3.8) is 0 Å². The Balaban J connectivity index is 2.03. The maximum atomic E-state index is 13.5. The normalized spacial score (nSPS) is 13.2. The highest BCUT2D eigenvalue weighted by Gasteiger charge is 2.38. The van der Waals surface area contributed by atoms with E-state index in [0.717, 1.165) is 13.0 Å². The molecule has 3 aromatic rings. The van der Waals surface area contributed by atoms with E-state index in [4.69, 9.17) is 9.52 Å². The monoisotopic (exact) mass is 530 g/mol. The summed E-state index contributed by atoms with van der Waals surface area (Å²) in [5.41, 5.74) is -2.27. The molecule has 192 valence electrons. The summed E-state index contributed by atoms with van der Waals surface area (Å²) in [4.78, 5) is 13.2. The zero-order valence-electron chi connectivity index (χ0n) is 18.9. The van der Waals surface area contributed by atoms with Gasteiger partial charge in [0.25, 0.3) is 11.8 Å². The second kappa shape index (κ2) is 10.0. The maximum Gasteiger partial charge on any atom is 0.435 e. The number of amides is 1. The van der Waals surface area contributed by atoms with Crippen LogP contribution in [0.1, 0.15) is 27.2 Å². The molecule has 1 unspecified atom stereocenters. The number of hydrogen-bond acceptors (Lipinski definition) is 7. The summed E-state index contributed by atoms with van der Waals surface area (Å²) in [7, 11) is -3.13. The van der Waals surface area contributed by atoms with Gasteiger partial charge in [0.15, 0.2) is 5.69 Å². The summed E-state index contributed by atoms with van der Waals surface area (Å²) in [6, 6.07) is 9.12. The topological polar surface area (TPSA) is 114 Å². The number of ether oxygens (including phenoxy) is 2. The largest absolute Gasteiger partial charge is 0.437 e. The molecular weight excluding hydrogens is 511 g/mol. The molecule has 0 radical (unpaired) electrons. The Hall–Kier alpha value is -3.81. The minimum absolute atomic E-state index is 0.0291. The van der Waals surface area contributed by atoms with Crippen molar-refractivity contribution in [2.75, 3.05) is 11.6 Å². The highest BCUT2D eigenvalue weighted by molar-refractivity contribution is 7.91. The number of nitrogens with one attached hydrogen (secondary N) is 2. The molecule has 8 nitrogen and oxygen atoms in total. The lowest BCUT2D eigenvalue weighted by Crippen LogP contribution is -2.21. The number of halogens is 5.